The van der Waals surface area contributed by atoms with Gasteiger partial charge in [-0.1, -0.05) is 6.07 Å². The third kappa shape index (κ3) is 3.86. The summed E-state index contributed by atoms with van der Waals surface area (Å²) in [5, 5.41) is 14.4. The molecule has 1 aliphatic rings. The van der Waals surface area contributed by atoms with E-state index in [0.29, 0.717) is 18.8 Å². The van der Waals surface area contributed by atoms with Crippen LogP contribution in [0.2, 0.25) is 0 Å². The molecule has 144 valence electrons. The fourth-order valence-electron chi connectivity index (χ4n) is 3.25. The molecule has 8 heteroatoms. The lowest BCUT2D eigenvalue weighted by molar-refractivity contribution is 0.0619. The van der Waals surface area contributed by atoms with E-state index in [9.17, 15) is 14.3 Å². The van der Waals surface area contributed by atoms with E-state index in [-0.39, 0.29) is 23.2 Å². The molecule has 7 nitrogen and oxygen atoms in total. The van der Waals surface area contributed by atoms with Crippen molar-refractivity contribution in [1.29, 1.82) is 0 Å². The van der Waals surface area contributed by atoms with Gasteiger partial charge in [-0.25, -0.2) is 9.07 Å². The van der Waals surface area contributed by atoms with Crippen LogP contribution in [0.15, 0.2) is 55.0 Å². The van der Waals surface area contributed by atoms with Crippen LogP contribution >= 0.6 is 0 Å². The fourth-order valence-corrected chi connectivity index (χ4v) is 3.25. The Labute approximate surface area is 161 Å². The van der Waals surface area contributed by atoms with Crippen molar-refractivity contribution in [3.8, 4) is 11.4 Å². The monoisotopic (exact) mass is 381 g/mol. The molecule has 3 heterocycles. The van der Waals surface area contributed by atoms with Crippen LogP contribution < -0.4 is 0 Å². The number of halogens is 1. The first-order chi connectivity index (χ1) is 13.6. The molecule has 0 atom stereocenters. The Balaban J connectivity index is 1.41. The number of rotatable bonds is 4. The number of hydrogen-bond acceptors (Lipinski definition) is 5. The highest BCUT2D eigenvalue weighted by molar-refractivity contribution is 5.95. The first kappa shape index (κ1) is 18.1. The van der Waals surface area contributed by atoms with E-state index in [4.69, 9.17) is 0 Å². The molecule has 0 saturated carbocycles. The number of pyridine rings is 1. The van der Waals surface area contributed by atoms with Crippen LogP contribution in [0.5, 0.6) is 5.75 Å². The summed E-state index contributed by atoms with van der Waals surface area (Å²) in [6, 6.07) is 9.62. The van der Waals surface area contributed by atoms with Crippen LogP contribution in [0, 0.1) is 5.82 Å². The Morgan fingerprint density at radius 3 is 2.54 bits per heavy atom. The number of piperazine rings is 1. The van der Waals surface area contributed by atoms with Gasteiger partial charge in [0.25, 0.3) is 5.91 Å². The molecule has 1 aliphatic heterocycles. The average molecular weight is 381 g/mol. The van der Waals surface area contributed by atoms with Gasteiger partial charge in [-0.15, -0.1) is 0 Å². The van der Waals surface area contributed by atoms with Crippen LogP contribution in [-0.4, -0.2) is 61.8 Å². The SMILES string of the molecule is O=C(c1nn(-c2ccc(F)cc2)cc1O)N1CCN(Cc2cccnc2)CC1. The lowest BCUT2D eigenvalue weighted by Gasteiger charge is -2.34. The molecule has 1 fully saturated rings. The van der Waals surface area contributed by atoms with Crippen LogP contribution in [0.1, 0.15) is 16.1 Å². The number of benzene rings is 1. The molecule has 28 heavy (non-hydrogen) atoms. The maximum Gasteiger partial charge on any atom is 0.278 e. The van der Waals surface area contributed by atoms with Crippen LogP contribution in [0.4, 0.5) is 4.39 Å². The molecule has 0 radical (unpaired) electrons. The minimum atomic E-state index is -0.361. The third-order valence-corrected chi connectivity index (χ3v) is 4.78. The molecule has 1 aromatic carbocycles. The third-order valence-electron chi connectivity index (χ3n) is 4.78. The number of carbonyl (C=O) groups excluding carboxylic acids is 1. The van der Waals surface area contributed by atoms with Gasteiger partial charge < -0.3 is 10.0 Å². The smallest absolute Gasteiger partial charge is 0.278 e. The van der Waals surface area contributed by atoms with Gasteiger partial charge in [-0.2, -0.15) is 5.10 Å². The van der Waals surface area contributed by atoms with E-state index < -0.39 is 0 Å². The quantitative estimate of drug-likeness (QED) is 0.749. The molecule has 2 aromatic heterocycles. The maximum absolute atomic E-state index is 13.1. The largest absolute Gasteiger partial charge is 0.504 e. The highest BCUT2D eigenvalue weighted by atomic mass is 19.1. The molecule has 1 saturated heterocycles. The number of carbonyl (C=O) groups is 1. The summed E-state index contributed by atoms with van der Waals surface area (Å²) >= 11 is 0. The van der Waals surface area contributed by atoms with E-state index in [1.54, 1.807) is 11.1 Å². The Morgan fingerprint density at radius 2 is 1.86 bits per heavy atom. The van der Waals surface area contributed by atoms with E-state index in [1.165, 1.54) is 35.1 Å². The van der Waals surface area contributed by atoms with Crippen molar-refractivity contribution in [2.24, 2.45) is 0 Å². The molecule has 0 spiro atoms. The molecule has 4 rings (SSSR count). The molecule has 0 bridgehead atoms. The second-order valence-electron chi connectivity index (χ2n) is 6.71. The van der Waals surface area contributed by atoms with Gasteiger partial charge in [-0.05, 0) is 35.9 Å². The lowest BCUT2D eigenvalue weighted by atomic mass is 10.2. The summed E-state index contributed by atoms with van der Waals surface area (Å²) < 4.78 is 14.5. The van der Waals surface area contributed by atoms with Crippen molar-refractivity contribution in [3.63, 3.8) is 0 Å². The molecule has 3 aromatic rings. The molecule has 0 aliphatic carbocycles. The molecule has 0 unspecified atom stereocenters. The van der Waals surface area contributed by atoms with E-state index >= 15 is 0 Å². The normalized spacial score (nSPS) is 15.0. The van der Waals surface area contributed by atoms with Gasteiger partial charge in [0.1, 0.15) is 5.82 Å². The molecular formula is C20H20FN5O2. The number of nitrogens with zero attached hydrogens (tertiary/aromatic N) is 5. The van der Waals surface area contributed by atoms with Crippen LogP contribution in [0.3, 0.4) is 0 Å². The summed E-state index contributed by atoms with van der Waals surface area (Å²) in [6.45, 7) is 3.38. The van der Waals surface area contributed by atoms with Crippen molar-refractivity contribution in [2.75, 3.05) is 26.2 Å². The van der Waals surface area contributed by atoms with E-state index in [1.807, 2.05) is 18.3 Å². The van der Waals surface area contributed by atoms with Crippen molar-refractivity contribution in [3.05, 3.63) is 72.1 Å². The van der Waals surface area contributed by atoms with Crippen LogP contribution in [-0.2, 0) is 6.54 Å². The molecule has 1 amide bonds. The van der Waals surface area contributed by atoms with Crippen LogP contribution in [0.25, 0.3) is 5.69 Å². The molecular weight excluding hydrogens is 361 g/mol. The van der Waals surface area contributed by atoms with Crippen molar-refractivity contribution < 1.29 is 14.3 Å². The van der Waals surface area contributed by atoms with Gasteiger partial charge in [0.2, 0.25) is 0 Å². The van der Waals surface area contributed by atoms with Gasteiger partial charge >= 0.3 is 0 Å². The van der Waals surface area contributed by atoms with Gasteiger partial charge in [0.15, 0.2) is 11.4 Å². The van der Waals surface area contributed by atoms with E-state index in [0.717, 1.165) is 25.2 Å². The average Bonchev–Trinajstić information content (AvgIpc) is 3.11. The summed E-state index contributed by atoms with van der Waals surface area (Å²) in [5.41, 5.74) is 1.71. The summed E-state index contributed by atoms with van der Waals surface area (Å²) in [4.78, 5) is 20.9. The second-order valence-corrected chi connectivity index (χ2v) is 6.71. The minimum absolute atomic E-state index is 0.00466. The van der Waals surface area contributed by atoms with Gasteiger partial charge in [0, 0.05) is 45.1 Å². The van der Waals surface area contributed by atoms with E-state index in [2.05, 4.69) is 15.0 Å². The second kappa shape index (κ2) is 7.77. The van der Waals surface area contributed by atoms with Crippen molar-refractivity contribution >= 4 is 5.91 Å². The standard InChI is InChI=1S/C20H20FN5O2/c21-16-3-5-17(6-4-16)26-14-18(27)19(23-26)20(28)25-10-8-24(9-11-25)13-15-2-1-7-22-12-15/h1-7,12,14,27H,8-11,13H2. The topological polar surface area (TPSA) is 74.5 Å². The highest BCUT2D eigenvalue weighted by Crippen LogP contribution is 2.21. The minimum Gasteiger partial charge on any atom is -0.504 e. The Bertz CT molecular complexity index is 950. The number of aromatic nitrogens is 3. The maximum atomic E-state index is 13.1. The van der Waals surface area contributed by atoms with Gasteiger partial charge in [0.05, 0.1) is 11.9 Å². The first-order valence-corrected chi connectivity index (χ1v) is 9.05. The number of amides is 1. The summed E-state index contributed by atoms with van der Waals surface area (Å²) in [6.07, 6.45) is 4.95. The molecule has 1 N–H and O–H groups in total. The zero-order valence-electron chi connectivity index (χ0n) is 15.2. The lowest BCUT2D eigenvalue weighted by Crippen LogP contribution is -2.48. The zero-order valence-corrected chi connectivity index (χ0v) is 15.2. The Morgan fingerprint density at radius 1 is 1.11 bits per heavy atom. The van der Waals surface area contributed by atoms with Gasteiger partial charge in [-0.3, -0.25) is 14.7 Å². The highest BCUT2D eigenvalue weighted by Gasteiger charge is 2.26. The number of hydrogen-bond donors (Lipinski definition) is 1. The predicted octanol–water partition coefficient (Wildman–Crippen LogP) is 2.07. The predicted molar refractivity (Wildman–Crippen MR) is 101 cm³/mol. The first-order valence-electron chi connectivity index (χ1n) is 9.05. The van der Waals surface area contributed by atoms with Crippen molar-refractivity contribution in [2.45, 2.75) is 6.54 Å². The fraction of sp³-hybridized carbons (Fsp3) is 0.250. The summed E-state index contributed by atoms with van der Waals surface area (Å²) in [7, 11) is 0. The zero-order chi connectivity index (χ0) is 19.5. The Kier molecular flexibility index (Phi) is 5.03. The summed E-state index contributed by atoms with van der Waals surface area (Å²) in [5.74, 6) is -0.855. The number of aromatic hydroxyl groups is 1. The Hall–Kier alpha value is -3.26. The van der Waals surface area contributed by atoms with Crippen molar-refractivity contribution in [1.82, 2.24) is 24.6 Å².